The highest BCUT2D eigenvalue weighted by Crippen LogP contribution is 2.27. The van der Waals surface area contributed by atoms with E-state index in [0.717, 1.165) is 11.5 Å². The van der Waals surface area contributed by atoms with Crippen LogP contribution >= 0.6 is 11.6 Å². The Labute approximate surface area is 108 Å². The first-order valence-electron chi connectivity index (χ1n) is 6.30. The van der Waals surface area contributed by atoms with Gasteiger partial charge in [0.15, 0.2) is 0 Å². The van der Waals surface area contributed by atoms with E-state index in [1.54, 1.807) is 0 Å². The Bertz CT molecular complexity index is 372. The van der Waals surface area contributed by atoms with Crippen molar-refractivity contribution >= 4 is 17.3 Å². The van der Waals surface area contributed by atoms with Crippen LogP contribution in [0.5, 0.6) is 0 Å². The SMILES string of the molecule is CC1CCC(OCc2ccc(Cl)c(N)c2)CC1. The third-order valence-corrected chi connectivity index (χ3v) is 3.85. The smallest absolute Gasteiger partial charge is 0.0721 e. The first kappa shape index (κ1) is 12.7. The molecule has 2 rings (SSSR count). The van der Waals surface area contributed by atoms with E-state index in [9.17, 15) is 0 Å². The standard InChI is InChI=1S/C14H20ClNO/c1-10-2-5-12(6-3-10)17-9-11-4-7-13(15)14(16)8-11/h4,7-8,10,12H,2-3,5-6,9,16H2,1H3. The molecular weight excluding hydrogens is 234 g/mol. The Balaban J connectivity index is 1.83. The van der Waals surface area contributed by atoms with E-state index in [0.29, 0.717) is 23.4 Å². The summed E-state index contributed by atoms with van der Waals surface area (Å²) in [5, 5.41) is 0.611. The van der Waals surface area contributed by atoms with Gasteiger partial charge in [-0.15, -0.1) is 0 Å². The number of ether oxygens (including phenoxy) is 1. The lowest BCUT2D eigenvalue weighted by atomic mass is 9.89. The average molecular weight is 254 g/mol. The van der Waals surface area contributed by atoms with E-state index in [1.807, 2.05) is 18.2 Å². The lowest BCUT2D eigenvalue weighted by Gasteiger charge is -2.26. The van der Waals surface area contributed by atoms with Crippen LogP contribution in [0.25, 0.3) is 0 Å². The predicted molar refractivity (Wildman–Crippen MR) is 72.1 cm³/mol. The summed E-state index contributed by atoms with van der Waals surface area (Å²) in [5.74, 6) is 0.862. The summed E-state index contributed by atoms with van der Waals surface area (Å²) in [6.45, 7) is 2.95. The molecule has 0 atom stereocenters. The Morgan fingerprint density at radius 2 is 2.00 bits per heavy atom. The summed E-state index contributed by atoms with van der Waals surface area (Å²) < 4.78 is 5.91. The van der Waals surface area contributed by atoms with Gasteiger partial charge in [0, 0.05) is 0 Å². The third-order valence-electron chi connectivity index (χ3n) is 3.51. The van der Waals surface area contributed by atoms with Gasteiger partial charge in [-0.05, 0) is 49.3 Å². The molecule has 2 nitrogen and oxygen atoms in total. The molecule has 1 saturated carbocycles. The summed E-state index contributed by atoms with van der Waals surface area (Å²) in [6.07, 6.45) is 5.36. The van der Waals surface area contributed by atoms with E-state index in [2.05, 4.69) is 6.92 Å². The fraction of sp³-hybridized carbons (Fsp3) is 0.571. The quantitative estimate of drug-likeness (QED) is 0.826. The van der Waals surface area contributed by atoms with Crippen LogP contribution in [0.4, 0.5) is 5.69 Å². The van der Waals surface area contributed by atoms with Crippen LogP contribution in [0.3, 0.4) is 0 Å². The zero-order chi connectivity index (χ0) is 12.3. The van der Waals surface area contributed by atoms with Gasteiger partial charge < -0.3 is 10.5 Å². The number of hydrogen-bond donors (Lipinski definition) is 1. The molecule has 1 fully saturated rings. The van der Waals surface area contributed by atoms with Crippen molar-refractivity contribution in [2.75, 3.05) is 5.73 Å². The van der Waals surface area contributed by atoms with Gasteiger partial charge in [0.2, 0.25) is 0 Å². The van der Waals surface area contributed by atoms with Gasteiger partial charge in [-0.25, -0.2) is 0 Å². The summed E-state index contributed by atoms with van der Waals surface area (Å²) in [7, 11) is 0. The average Bonchev–Trinajstić information content (AvgIpc) is 2.33. The monoisotopic (exact) mass is 253 g/mol. The number of benzene rings is 1. The highest BCUT2D eigenvalue weighted by molar-refractivity contribution is 6.33. The van der Waals surface area contributed by atoms with E-state index < -0.39 is 0 Å². The van der Waals surface area contributed by atoms with Crippen molar-refractivity contribution in [3.8, 4) is 0 Å². The molecule has 0 radical (unpaired) electrons. The largest absolute Gasteiger partial charge is 0.398 e. The highest BCUT2D eigenvalue weighted by Gasteiger charge is 2.18. The number of halogens is 1. The fourth-order valence-electron chi connectivity index (χ4n) is 2.29. The lowest BCUT2D eigenvalue weighted by Crippen LogP contribution is -2.20. The van der Waals surface area contributed by atoms with Gasteiger partial charge in [0.1, 0.15) is 0 Å². The summed E-state index contributed by atoms with van der Waals surface area (Å²) >= 11 is 5.88. The molecule has 94 valence electrons. The van der Waals surface area contributed by atoms with Crippen molar-refractivity contribution in [3.63, 3.8) is 0 Å². The molecule has 0 aliphatic heterocycles. The van der Waals surface area contributed by atoms with Gasteiger partial charge in [0.25, 0.3) is 0 Å². The van der Waals surface area contributed by atoms with Crippen molar-refractivity contribution in [2.24, 2.45) is 5.92 Å². The number of hydrogen-bond acceptors (Lipinski definition) is 2. The molecule has 2 N–H and O–H groups in total. The van der Waals surface area contributed by atoms with Gasteiger partial charge in [-0.3, -0.25) is 0 Å². The van der Waals surface area contributed by atoms with Gasteiger partial charge in [-0.2, -0.15) is 0 Å². The van der Waals surface area contributed by atoms with Crippen LogP contribution in [-0.4, -0.2) is 6.10 Å². The molecule has 0 unspecified atom stereocenters. The number of nitrogens with two attached hydrogens (primary N) is 1. The fourth-order valence-corrected chi connectivity index (χ4v) is 2.41. The van der Waals surface area contributed by atoms with Crippen molar-refractivity contribution in [2.45, 2.75) is 45.3 Å². The van der Waals surface area contributed by atoms with Crippen molar-refractivity contribution < 1.29 is 4.74 Å². The van der Waals surface area contributed by atoms with Gasteiger partial charge in [-0.1, -0.05) is 24.6 Å². The second-order valence-electron chi connectivity index (χ2n) is 5.05. The van der Waals surface area contributed by atoms with Crippen molar-refractivity contribution in [1.82, 2.24) is 0 Å². The molecule has 1 aliphatic carbocycles. The summed E-state index contributed by atoms with van der Waals surface area (Å²) in [5.41, 5.74) is 7.49. The van der Waals surface area contributed by atoms with Crippen LogP contribution in [0.1, 0.15) is 38.2 Å². The Morgan fingerprint density at radius 3 is 2.65 bits per heavy atom. The first-order valence-corrected chi connectivity index (χ1v) is 6.68. The highest BCUT2D eigenvalue weighted by atomic mass is 35.5. The second kappa shape index (κ2) is 5.74. The molecular formula is C14H20ClNO. The molecule has 1 aliphatic rings. The second-order valence-corrected chi connectivity index (χ2v) is 5.46. The summed E-state index contributed by atoms with van der Waals surface area (Å²) in [4.78, 5) is 0. The molecule has 1 aromatic rings. The molecule has 17 heavy (non-hydrogen) atoms. The molecule has 0 spiro atoms. The van der Waals surface area contributed by atoms with E-state index in [1.165, 1.54) is 25.7 Å². The zero-order valence-electron chi connectivity index (χ0n) is 10.3. The lowest BCUT2D eigenvalue weighted by molar-refractivity contribution is 0.00879. The van der Waals surface area contributed by atoms with Crippen LogP contribution in [0.2, 0.25) is 5.02 Å². The minimum Gasteiger partial charge on any atom is -0.398 e. The van der Waals surface area contributed by atoms with Crippen molar-refractivity contribution in [1.29, 1.82) is 0 Å². The zero-order valence-corrected chi connectivity index (χ0v) is 11.0. The molecule has 0 aromatic heterocycles. The van der Waals surface area contributed by atoms with E-state index in [-0.39, 0.29) is 0 Å². The van der Waals surface area contributed by atoms with E-state index >= 15 is 0 Å². The minimum atomic E-state index is 0.420. The number of anilines is 1. The normalized spacial score (nSPS) is 24.8. The van der Waals surface area contributed by atoms with Crippen LogP contribution in [0, 0.1) is 5.92 Å². The number of rotatable bonds is 3. The van der Waals surface area contributed by atoms with E-state index in [4.69, 9.17) is 22.1 Å². The summed E-state index contributed by atoms with van der Waals surface area (Å²) in [6, 6.07) is 5.70. The van der Waals surface area contributed by atoms with Gasteiger partial charge >= 0.3 is 0 Å². The Morgan fingerprint density at radius 1 is 1.29 bits per heavy atom. The molecule has 0 heterocycles. The molecule has 1 aromatic carbocycles. The van der Waals surface area contributed by atoms with Crippen LogP contribution < -0.4 is 5.73 Å². The number of nitrogen functional groups attached to an aromatic ring is 1. The maximum atomic E-state index is 5.91. The van der Waals surface area contributed by atoms with Crippen LogP contribution in [-0.2, 0) is 11.3 Å². The van der Waals surface area contributed by atoms with Gasteiger partial charge in [0.05, 0.1) is 23.4 Å². The van der Waals surface area contributed by atoms with Crippen LogP contribution in [0.15, 0.2) is 18.2 Å². The molecule has 0 bridgehead atoms. The predicted octanol–water partition coefficient (Wildman–Crippen LogP) is 4.02. The Hall–Kier alpha value is -0.730. The third kappa shape index (κ3) is 3.62. The first-order chi connectivity index (χ1) is 8.15. The van der Waals surface area contributed by atoms with Crippen molar-refractivity contribution in [3.05, 3.63) is 28.8 Å². The topological polar surface area (TPSA) is 35.2 Å². The maximum Gasteiger partial charge on any atom is 0.0721 e. The molecule has 3 heteroatoms. The molecule has 0 amide bonds. The Kier molecular flexibility index (Phi) is 4.30. The maximum absolute atomic E-state index is 5.91. The minimum absolute atomic E-state index is 0.420. The molecule has 0 saturated heterocycles.